The SMILES string of the molecule is C[Si]1(C)O[Si](C)(C)C12C1CC3CC(C1)CC2(c1cccc2c1C=CC2)C3. The van der Waals surface area contributed by atoms with Gasteiger partial charge in [0.25, 0.3) is 0 Å². The predicted octanol–water partition coefficient (Wildman–Crippen LogP) is 6.05. The molecule has 2 unspecified atom stereocenters. The van der Waals surface area contributed by atoms with Crippen LogP contribution in [0.25, 0.3) is 6.08 Å². The minimum Gasteiger partial charge on any atom is -0.455 e. The molecule has 1 spiro atoms. The summed E-state index contributed by atoms with van der Waals surface area (Å²) < 4.78 is 7.47. The van der Waals surface area contributed by atoms with Gasteiger partial charge in [0.1, 0.15) is 0 Å². The van der Waals surface area contributed by atoms with E-state index >= 15 is 0 Å². The van der Waals surface area contributed by atoms with Crippen molar-refractivity contribution in [3.8, 4) is 0 Å². The van der Waals surface area contributed by atoms with Gasteiger partial charge in [-0.25, -0.2) is 0 Å². The maximum absolute atomic E-state index is 6.92. The van der Waals surface area contributed by atoms with Gasteiger partial charge in [-0.2, -0.15) is 0 Å². The second-order valence-corrected chi connectivity index (χ2v) is 20.0. The van der Waals surface area contributed by atoms with E-state index in [0.29, 0.717) is 10.1 Å². The second kappa shape index (κ2) is 4.67. The van der Waals surface area contributed by atoms with E-state index in [4.69, 9.17) is 4.12 Å². The highest BCUT2D eigenvalue weighted by Gasteiger charge is 2.83. The van der Waals surface area contributed by atoms with E-state index in [9.17, 15) is 0 Å². The fourth-order valence-corrected chi connectivity index (χ4v) is 27.0. The third-order valence-electron chi connectivity index (χ3n) is 9.29. The minimum atomic E-state index is -1.69. The van der Waals surface area contributed by atoms with E-state index in [-0.39, 0.29) is 0 Å². The molecule has 0 radical (unpaired) electrons. The summed E-state index contributed by atoms with van der Waals surface area (Å²) in [5.74, 6) is 2.91. The van der Waals surface area contributed by atoms with Crippen molar-refractivity contribution in [1.29, 1.82) is 0 Å². The van der Waals surface area contributed by atoms with E-state index in [2.05, 4.69) is 56.5 Å². The van der Waals surface area contributed by atoms with Crippen molar-refractivity contribution < 1.29 is 4.12 Å². The summed E-state index contributed by atoms with van der Waals surface area (Å²) in [5, 5.41) is 0. The average molecular weight is 381 g/mol. The smallest absolute Gasteiger partial charge is 0.180 e. The molecule has 1 aromatic carbocycles. The molecule has 6 aliphatic rings. The zero-order valence-electron chi connectivity index (χ0n) is 16.8. The molecule has 1 saturated heterocycles. The van der Waals surface area contributed by atoms with Crippen LogP contribution in [0.15, 0.2) is 24.3 Å². The lowest BCUT2D eigenvalue weighted by Crippen LogP contribution is -2.85. The highest BCUT2D eigenvalue weighted by Crippen LogP contribution is 2.82. The van der Waals surface area contributed by atoms with Gasteiger partial charge in [-0.1, -0.05) is 30.4 Å². The first-order chi connectivity index (χ1) is 12.3. The largest absolute Gasteiger partial charge is 0.455 e. The van der Waals surface area contributed by atoms with Crippen LogP contribution in [0.3, 0.4) is 0 Å². The van der Waals surface area contributed by atoms with E-state index in [0.717, 1.165) is 24.2 Å². The Kier molecular flexibility index (Phi) is 2.93. The van der Waals surface area contributed by atoms with Gasteiger partial charge in [0.15, 0.2) is 16.6 Å². The Bertz CT molecular complexity index is 809. The van der Waals surface area contributed by atoms with Crippen LogP contribution in [0, 0.1) is 17.8 Å². The molecule has 3 heteroatoms. The molecule has 26 heavy (non-hydrogen) atoms. The summed E-state index contributed by atoms with van der Waals surface area (Å²) in [6, 6.07) is 7.28. The van der Waals surface area contributed by atoms with Crippen LogP contribution >= 0.6 is 0 Å². The minimum absolute atomic E-state index is 0.422. The molecule has 0 N–H and O–H groups in total. The second-order valence-electron chi connectivity index (χ2n) is 11.0. The molecular weight excluding hydrogens is 348 g/mol. The first-order valence-electron chi connectivity index (χ1n) is 10.8. The molecule has 0 amide bonds. The number of rotatable bonds is 1. The molecular formula is C23H32OSi2. The number of fused-ring (bicyclic) bond motifs is 1. The molecule has 1 heterocycles. The van der Waals surface area contributed by atoms with Crippen LogP contribution in [-0.2, 0) is 16.0 Å². The monoisotopic (exact) mass is 380 g/mol. The third-order valence-corrected chi connectivity index (χ3v) is 22.6. The molecule has 2 atom stereocenters. The Morgan fingerprint density at radius 1 is 0.962 bits per heavy atom. The first-order valence-corrected chi connectivity index (χ1v) is 16.6. The molecule has 138 valence electrons. The molecule has 0 aromatic heterocycles. The maximum Gasteiger partial charge on any atom is 0.180 e. The standard InChI is InChI=1S/C23H32OSi2/c1-25(2)23(26(3,4)24-25)19-12-16-11-17(13-19)15-22(23,14-16)21-10-6-8-18-7-5-9-20(18)21/h5-6,8-10,16-17,19H,7,11-15H2,1-4H3. The zero-order chi connectivity index (χ0) is 17.9. The summed E-state index contributed by atoms with van der Waals surface area (Å²) in [7, 11) is -3.38. The van der Waals surface area contributed by atoms with Crippen molar-refractivity contribution in [3.05, 3.63) is 41.0 Å². The summed E-state index contributed by atoms with van der Waals surface area (Å²) >= 11 is 0. The molecule has 1 aromatic rings. The van der Waals surface area contributed by atoms with Crippen molar-refractivity contribution in [3.63, 3.8) is 0 Å². The molecule has 5 aliphatic carbocycles. The topological polar surface area (TPSA) is 9.23 Å². The van der Waals surface area contributed by atoms with E-state index in [1.165, 1.54) is 32.1 Å². The van der Waals surface area contributed by atoms with Gasteiger partial charge in [-0.05, 0) is 99.2 Å². The van der Waals surface area contributed by atoms with Crippen molar-refractivity contribution >= 4 is 22.7 Å². The fraction of sp³-hybridized carbons (Fsp3) is 0.652. The summed E-state index contributed by atoms with van der Waals surface area (Å²) in [5.41, 5.74) is 5.35. The van der Waals surface area contributed by atoms with E-state index in [1.54, 1.807) is 16.7 Å². The molecule has 1 nitrogen and oxygen atoms in total. The highest BCUT2D eigenvalue weighted by molar-refractivity contribution is 7.07. The number of allylic oxidation sites excluding steroid dienone is 1. The van der Waals surface area contributed by atoms with Crippen LogP contribution < -0.4 is 0 Å². The molecule has 1 aliphatic heterocycles. The van der Waals surface area contributed by atoms with Gasteiger partial charge in [0.05, 0.1) is 0 Å². The van der Waals surface area contributed by atoms with Crippen molar-refractivity contribution in [2.75, 3.05) is 0 Å². The highest BCUT2D eigenvalue weighted by atomic mass is 28.5. The Morgan fingerprint density at radius 3 is 2.31 bits per heavy atom. The van der Waals surface area contributed by atoms with Gasteiger partial charge >= 0.3 is 0 Å². The van der Waals surface area contributed by atoms with Gasteiger partial charge in [-0.15, -0.1) is 0 Å². The van der Waals surface area contributed by atoms with Gasteiger partial charge in [-0.3, -0.25) is 0 Å². The van der Waals surface area contributed by atoms with Gasteiger partial charge in [0, 0.05) is 10.1 Å². The fourth-order valence-electron chi connectivity index (χ4n) is 9.79. The Morgan fingerprint density at radius 2 is 1.65 bits per heavy atom. The zero-order valence-corrected chi connectivity index (χ0v) is 18.8. The molecule has 5 fully saturated rings. The van der Waals surface area contributed by atoms with Crippen LogP contribution in [0.4, 0.5) is 0 Å². The number of benzene rings is 1. The predicted molar refractivity (Wildman–Crippen MR) is 113 cm³/mol. The average Bonchev–Trinajstić information content (AvgIpc) is 3.00. The third kappa shape index (κ3) is 1.56. The first kappa shape index (κ1) is 16.3. The van der Waals surface area contributed by atoms with E-state index in [1.807, 2.05) is 0 Å². The quantitative estimate of drug-likeness (QED) is 0.539. The van der Waals surface area contributed by atoms with Crippen LogP contribution in [-0.4, -0.2) is 16.6 Å². The van der Waals surface area contributed by atoms with Crippen LogP contribution in [0.2, 0.25) is 30.8 Å². The Hall–Kier alpha value is -0.646. The molecule has 7 rings (SSSR count). The maximum atomic E-state index is 6.92. The summed E-state index contributed by atoms with van der Waals surface area (Å²) in [4.78, 5) is 0. The van der Waals surface area contributed by atoms with Crippen molar-refractivity contribution in [2.45, 2.75) is 74.8 Å². The van der Waals surface area contributed by atoms with Crippen LogP contribution in [0.5, 0.6) is 0 Å². The molecule has 4 bridgehead atoms. The number of hydrogen-bond donors (Lipinski definition) is 0. The molecule has 4 saturated carbocycles. The lowest BCUT2D eigenvalue weighted by molar-refractivity contribution is -0.0476. The van der Waals surface area contributed by atoms with Crippen LogP contribution in [0.1, 0.15) is 48.8 Å². The summed E-state index contributed by atoms with van der Waals surface area (Å²) in [6.45, 7) is 10.3. The van der Waals surface area contributed by atoms with E-state index < -0.39 is 16.6 Å². The lowest BCUT2D eigenvalue weighted by Gasteiger charge is -2.81. The Labute approximate surface area is 160 Å². The lowest BCUT2D eigenvalue weighted by atomic mass is 9.46. The normalized spacial score (nSPS) is 42.1. The number of hydrogen-bond acceptors (Lipinski definition) is 1. The van der Waals surface area contributed by atoms with Gasteiger partial charge in [0.2, 0.25) is 0 Å². The van der Waals surface area contributed by atoms with Crippen molar-refractivity contribution in [2.24, 2.45) is 17.8 Å². The van der Waals surface area contributed by atoms with Crippen molar-refractivity contribution in [1.82, 2.24) is 0 Å². The summed E-state index contributed by atoms with van der Waals surface area (Å²) in [6.07, 6.45) is 13.5. The van der Waals surface area contributed by atoms with Gasteiger partial charge < -0.3 is 4.12 Å². The Balaban J connectivity index is 1.66.